The molecule has 3 aromatic rings. The summed E-state index contributed by atoms with van der Waals surface area (Å²) < 4.78 is 6.01. The summed E-state index contributed by atoms with van der Waals surface area (Å²) in [5.41, 5.74) is 2.75. The lowest BCUT2D eigenvalue weighted by atomic mass is 9.96. The Kier molecular flexibility index (Phi) is 3.85. The summed E-state index contributed by atoms with van der Waals surface area (Å²) in [6, 6.07) is 20.2. The lowest BCUT2D eigenvalue weighted by Crippen LogP contribution is -2.32. The lowest BCUT2D eigenvalue weighted by Gasteiger charge is -2.16. The van der Waals surface area contributed by atoms with Crippen LogP contribution in [-0.4, -0.2) is 17.4 Å². The average Bonchev–Trinajstić information content (AvgIpc) is 3.66. The van der Waals surface area contributed by atoms with E-state index in [0.29, 0.717) is 24.0 Å². The number of aromatic nitrogens is 1. The minimum Gasteiger partial charge on any atom is -0.440 e. The van der Waals surface area contributed by atoms with Gasteiger partial charge in [-0.15, -0.1) is 0 Å². The zero-order valence-electron chi connectivity index (χ0n) is 15.2. The summed E-state index contributed by atoms with van der Waals surface area (Å²) >= 11 is 0. The van der Waals surface area contributed by atoms with Crippen LogP contribution < -0.4 is 5.32 Å². The number of carbonyl (C=O) groups excluding carboxylic acids is 1. The Balaban J connectivity index is 1.36. The molecule has 2 fully saturated rings. The molecule has 136 valence electrons. The number of hydrogen-bond donors (Lipinski definition) is 1. The molecule has 2 aromatic carbocycles. The Morgan fingerprint density at radius 1 is 1.04 bits per heavy atom. The van der Waals surface area contributed by atoms with Gasteiger partial charge in [-0.05, 0) is 43.4 Å². The van der Waals surface area contributed by atoms with E-state index in [1.54, 1.807) is 0 Å². The molecule has 0 atom stereocenters. The molecule has 0 spiro atoms. The van der Waals surface area contributed by atoms with E-state index in [-0.39, 0.29) is 11.3 Å². The van der Waals surface area contributed by atoms with E-state index in [1.165, 1.54) is 5.56 Å². The van der Waals surface area contributed by atoms with E-state index in [4.69, 9.17) is 4.42 Å². The average molecular weight is 358 g/mol. The second kappa shape index (κ2) is 6.38. The van der Waals surface area contributed by atoms with Gasteiger partial charge in [-0.1, -0.05) is 48.5 Å². The molecule has 4 nitrogen and oxygen atoms in total. The zero-order chi connectivity index (χ0) is 18.3. The van der Waals surface area contributed by atoms with Crippen LogP contribution in [0.15, 0.2) is 65.1 Å². The third-order valence-corrected chi connectivity index (χ3v) is 5.66. The number of nitrogens with one attached hydrogen (secondary N) is 1. The Labute approximate surface area is 158 Å². The third-order valence-electron chi connectivity index (χ3n) is 5.66. The second-order valence-corrected chi connectivity index (χ2v) is 7.70. The summed E-state index contributed by atoms with van der Waals surface area (Å²) in [6.07, 6.45) is 4.36. The molecule has 1 amide bonds. The summed E-state index contributed by atoms with van der Waals surface area (Å²) in [7, 11) is 0. The van der Waals surface area contributed by atoms with E-state index in [1.807, 2.05) is 36.4 Å². The third kappa shape index (κ3) is 3.16. The molecular formula is C23H22N2O2. The van der Waals surface area contributed by atoms with Crippen LogP contribution in [0, 0.1) is 0 Å². The molecule has 1 heterocycles. The SMILES string of the molecule is O=C(NCC1(c2ccccc2)CC1)c1nc(-c2ccccc2)oc1C1CC1. The lowest BCUT2D eigenvalue weighted by molar-refractivity contribution is 0.0943. The normalized spacial score (nSPS) is 17.5. The number of hydrogen-bond acceptors (Lipinski definition) is 3. The van der Waals surface area contributed by atoms with Gasteiger partial charge < -0.3 is 9.73 Å². The van der Waals surface area contributed by atoms with Crippen molar-refractivity contribution in [3.8, 4) is 11.5 Å². The van der Waals surface area contributed by atoms with E-state index in [9.17, 15) is 4.79 Å². The van der Waals surface area contributed by atoms with Crippen molar-refractivity contribution < 1.29 is 9.21 Å². The van der Waals surface area contributed by atoms with Crippen LogP contribution in [0.1, 0.15) is 53.4 Å². The first kappa shape index (κ1) is 16.3. The van der Waals surface area contributed by atoms with Gasteiger partial charge in [0.05, 0.1) is 0 Å². The van der Waals surface area contributed by atoms with Gasteiger partial charge in [-0.2, -0.15) is 0 Å². The molecule has 4 heteroatoms. The molecule has 0 saturated heterocycles. The van der Waals surface area contributed by atoms with E-state index >= 15 is 0 Å². The summed E-state index contributed by atoms with van der Waals surface area (Å²) in [4.78, 5) is 17.5. The van der Waals surface area contributed by atoms with Crippen LogP contribution >= 0.6 is 0 Å². The second-order valence-electron chi connectivity index (χ2n) is 7.70. The molecule has 2 aliphatic carbocycles. The predicted molar refractivity (Wildman–Crippen MR) is 104 cm³/mol. The number of benzene rings is 2. The molecule has 0 bridgehead atoms. The van der Waals surface area contributed by atoms with Crippen molar-refractivity contribution in [1.82, 2.24) is 10.3 Å². The summed E-state index contributed by atoms with van der Waals surface area (Å²) in [6.45, 7) is 0.646. The molecule has 0 unspecified atom stereocenters. The van der Waals surface area contributed by atoms with Gasteiger partial charge in [0.2, 0.25) is 5.89 Å². The topological polar surface area (TPSA) is 55.1 Å². The van der Waals surface area contributed by atoms with E-state index in [0.717, 1.165) is 37.0 Å². The van der Waals surface area contributed by atoms with Gasteiger partial charge in [0.15, 0.2) is 5.69 Å². The smallest absolute Gasteiger partial charge is 0.273 e. The van der Waals surface area contributed by atoms with Gasteiger partial charge in [-0.3, -0.25) is 4.79 Å². The van der Waals surface area contributed by atoms with Crippen molar-refractivity contribution in [3.63, 3.8) is 0 Å². The zero-order valence-corrected chi connectivity index (χ0v) is 15.2. The van der Waals surface area contributed by atoms with Crippen LogP contribution in [0.4, 0.5) is 0 Å². The quantitative estimate of drug-likeness (QED) is 0.696. The first-order valence-electron chi connectivity index (χ1n) is 9.65. The first-order valence-corrected chi connectivity index (χ1v) is 9.65. The predicted octanol–water partition coefficient (Wildman–Crippen LogP) is 4.68. The number of amides is 1. The molecule has 27 heavy (non-hydrogen) atoms. The largest absolute Gasteiger partial charge is 0.440 e. The molecule has 1 N–H and O–H groups in total. The van der Waals surface area contributed by atoms with Crippen molar-refractivity contribution in [2.45, 2.75) is 37.0 Å². The van der Waals surface area contributed by atoms with Gasteiger partial charge >= 0.3 is 0 Å². The Morgan fingerprint density at radius 2 is 1.70 bits per heavy atom. The summed E-state index contributed by atoms with van der Waals surface area (Å²) in [5.74, 6) is 1.49. The van der Waals surface area contributed by atoms with Crippen molar-refractivity contribution in [1.29, 1.82) is 0 Å². The van der Waals surface area contributed by atoms with Crippen LogP contribution in [0.3, 0.4) is 0 Å². The van der Waals surface area contributed by atoms with E-state index < -0.39 is 0 Å². The van der Waals surface area contributed by atoms with Crippen LogP contribution in [0.2, 0.25) is 0 Å². The highest BCUT2D eigenvalue weighted by Gasteiger charge is 2.44. The Bertz CT molecular complexity index is 955. The Hall–Kier alpha value is -2.88. The fourth-order valence-electron chi connectivity index (χ4n) is 3.66. The number of carbonyl (C=O) groups is 1. The summed E-state index contributed by atoms with van der Waals surface area (Å²) in [5, 5.41) is 3.13. The minimum atomic E-state index is -0.120. The van der Waals surface area contributed by atoms with Crippen molar-refractivity contribution >= 4 is 5.91 Å². The molecule has 2 saturated carbocycles. The highest BCUT2D eigenvalue weighted by atomic mass is 16.4. The molecular weight excluding hydrogens is 336 g/mol. The van der Waals surface area contributed by atoms with Crippen molar-refractivity contribution in [2.75, 3.05) is 6.54 Å². The van der Waals surface area contributed by atoms with Crippen molar-refractivity contribution in [2.24, 2.45) is 0 Å². The van der Waals surface area contributed by atoms with Gasteiger partial charge in [-0.25, -0.2) is 4.98 Å². The molecule has 5 rings (SSSR count). The van der Waals surface area contributed by atoms with Crippen LogP contribution in [0.5, 0.6) is 0 Å². The van der Waals surface area contributed by atoms with E-state index in [2.05, 4.69) is 34.6 Å². The standard InChI is InChI=1S/C23H22N2O2/c26-21(24-15-23(13-14-23)18-9-5-2-6-10-18)19-20(16-11-12-16)27-22(25-19)17-7-3-1-4-8-17/h1-10,16H,11-15H2,(H,24,26). The molecule has 0 aliphatic heterocycles. The fraction of sp³-hybridized carbons (Fsp3) is 0.304. The maximum Gasteiger partial charge on any atom is 0.273 e. The van der Waals surface area contributed by atoms with Crippen LogP contribution in [-0.2, 0) is 5.41 Å². The van der Waals surface area contributed by atoms with Gasteiger partial charge in [0.25, 0.3) is 5.91 Å². The van der Waals surface area contributed by atoms with Crippen LogP contribution in [0.25, 0.3) is 11.5 Å². The number of rotatable bonds is 6. The van der Waals surface area contributed by atoms with Gasteiger partial charge in [0, 0.05) is 23.4 Å². The molecule has 2 aliphatic rings. The molecule has 0 radical (unpaired) electrons. The minimum absolute atomic E-state index is 0.0860. The fourth-order valence-corrected chi connectivity index (χ4v) is 3.66. The monoisotopic (exact) mass is 358 g/mol. The number of oxazole rings is 1. The highest BCUT2D eigenvalue weighted by molar-refractivity contribution is 5.94. The Morgan fingerprint density at radius 3 is 2.33 bits per heavy atom. The van der Waals surface area contributed by atoms with Crippen molar-refractivity contribution in [3.05, 3.63) is 77.7 Å². The molecule has 1 aromatic heterocycles. The first-order chi connectivity index (χ1) is 13.3. The highest BCUT2D eigenvalue weighted by Crippen LogP contribution is 2.47. The maximum atomic E-state index is 12.9. The number of nitrogens with zero attached hydrogens (tertiary/aromatic N) is 1. The van der Waals surface area contributed by atoms with Gasteiger partial charge in [0.1, 0.15) is 5.76 Å². The maximum absolute atomic E-state index is 12.9.